The SMILES string of the molecule is O=S(=O)(NCCn1ccc(-c2ccccn2)n1)C1CC1. The van der Waals surface area contributed by atoms with Crippen molar-refractivity contribution >= 4 is 10.0 Å². The van der Waals surface area contributed by atoms with Crippen LogP contribution in [0.15, 0.2) is 36.7 Å². The van der Waals surface area contributed by atoms with E-state index in [1.165, 1.54) is 0 Å². The third kappa shape index (κ3) is 3.05. The molecule has 3 rings (SSSR count). The van der Waals surface area contributed by atoms with Crippen LogP contribution in [0.1, 0.15) is 12.8 Å². The molecule has 0 unspecified atom stereocenters. The van der Waals surface area contributed by atoms with Crippen molar-refractivity contribution in [2.75, 3.05) is 6.54 Å². The van der Waals surface area contributed by atoms with Gasteiger partial charge in [-0.25, -0.2) is 13.1 Å². The van der Waals surface area contributed by atoms with Gasteiger partial charge < -0.3 is 0 Å². The van der Waals surface area contributed by atoms with Crippen LogP contribution in [0.5, 0.6) is 0 Å². The fourth-order valence-corrected chi connectivity index (χ4v) is 3.30. The first kappa shape index (κ1) is 13.3. The lowest BCUT2D eigenvalue weighted by Crippen LogP contribution is -2.30. The summed E-state index contributed by atoms with van der Waals surface area (Å²) in [5, 5.41) is 4.20. The summed E-state index contributed by atoms with van der Waals surface area (Å²) in [4.78, 5) is 4.23. The Bertz CT molecular complexity index is 677. The summed E-state index contributed by atoms with van der Waals surface area (Å²) in [7, 11) is -3.11. The predicted octanol–water partition coefficient (Wildman–Crippen LogP) is 1.03. The number of sulfonamides is 1. The molecule has 2 aromatic heterocycles. The fourth-order valence-electron chi connectivity index (χ4n) is 1.94. The van der Waals surface area contributed by atoms with Crippen LogP contribution in [0.25, 0.3) is 11.4 Å². The monoisotopic (exact) mass is 292 g/mol. The van der Waals surface area contributed by atoms with E-state index in [-0.39, 0.29) is 5.25 Å². The number of hydrogen-bond acceptors (Lipinski definition) is 4. The smallest absolute Gasteiger partial charge is 0.214 e. The molecule has 2 aromatic rings. The Morgan fingerprint density at radius 2 is 2.10 bits per heavy atom. The number of pyridine rings is 1. The molecule has 2 heterocycles. The highest BCUT2D eigenvalue weighted by atomic mass is 32.2. The van der Waals surface area contributed by atoms with Crippen molar-refractivity contribution in [3.05, 3.63) is 36.7 Å². The Morgan fingerprint density at radius 1 is 1.25 bits per heavy atom. The summed E-state index contributed by atoms with van der Waals surface area (Å²) in [5.74, 6) is 0. The molecule has 1 fully saturated rings. The van der Waals surface area contributed by atoms with Crippen molar-refractivity contribution < 1.29 is 8.42 Å². The summed E-state index contributed by atoms with van der Waals surface area (Å²) < 4.78 is 27.7. The lowest BCUT2D eigenvalue weighted by atomic mass is 10.3. The van der Waals surface area contributed by atoms with E-state index in [1.807, 2.05) is 30.5 Å². The summed E-state index contributed by atoms with van der Waals surface area (Å²) in [6, 6.07) is 7.53. The predicted molar refractivity (Wildman–Crippen MR) is 75.4 cm³/mol. The molecule has 0 aliphatic heterocycles. The first-order chi connectivity index (χ1) is 9.65. The van der Waals surface area contributed by atoms with Crippen molar-refractivity contribution in [1.82, 2.24) is 19.5 Å². The second kappa shape index (κ2) is 5.34. The van der Waals surface area contributed by atoms with Gasteiger partial charge in [0.25, 0.3) is 0 Å². The van der Waals surface area contributed by atoms with Gasteiger partial charge in [-0.3, -0.25) is 9.67 Å². The van der Waals surface area contributed by atoms with Crippen molar-refractivity contribution in [2.24, 2.45) is 0 Å². The molecule has 7 heteroatoms. The fraction of sp³-hybridized carbons (Fsp3) is 0.385. The van der Waals surface area contributed by atoms with E-state index in [1.54, 1.807) is 10.9 Å². The number of nitrogens with zero attached hydrogens (tertiary/aromatic N) is 3. The second-order valence-electron chi connectivity index (χ2n) is 4.82. The number of hydrogen-bond donors (Lipinski definition) is 1. The van der Waals surface area contributed by atoms with E-state index in [2.05, 4.69) is 14.8 Å². The van der Waals surface area contributed by atoms with Crippen LogP contribution in [0.4, 0.5) is 0 Å². The van der Waals surface area contributed by atoms with Crippen molar-refractivity contribution in [3.63, 3.8) is 0 Å². The molecule has 106 valence electrons. The highest BCUT2D eigenvalue weighted by Crippen LogP contribution is 2.27. The molecule has 1 aliphatic rings. The average Bonchev–Trinajstić information content (AvgIpc) is 3.21. The first-order valence-electron chi connectivity index (χ1n) is 6.58. The van der Waals surface area contributed by atoms with Crippen molar-refractivity contribution in [1.29, 1.82) is 0 Å². The minimum absolute atomic E-state index is 0.177. The molecule has 6 nitrogen and oxygen atoms in total. The van der Waals surface area contributed by atoms with E-state index >= 15 is 0 Å². The van der Waals surface area contributed by atoms with Gasteiger partial charge in [-0.15, -0.1) is 0 Å². The van der Waals surface area contributed by atoms with Gasteiger partial charge in [-0.05, 0) is 31.0 Å². The Balaban J connectivity index is 1.58. The van der Waals surface area contributed by atoms with Gasteiger partial charge in [0.2, 0.25) is 10.0 Å². The van der Waals surface area contributed by atoms with Crippen LogP contribution in [0, 0.1) is 0 Å². The number of rotatable bonds is 6. The van der Waals surface area contributed by atoms with Gasteiger partial charge >= 0.3 is 0 Å². The molecule has 0 amide bonds. The molecule has 1 saturated carbocycles. The van der Waals surface area contributed by atoms with Crippen LogP contribution in [-0.2, 0) is 16.6 Å². The van der Waals surface area contributed by atoms with E-state index in [4.69, 9.17) is 0 Å². The zero-order valence-corrected chi connectivity index (χ0v) is 11.8. The lowest BCUT2D eigenvalue weighted by molar-refractivity contribution is 0.560. The van der Waals surface area contributed by atoms with Crippen molar-refractivity contribution in [3.8, 4) is 11.4 Å². The standard InChI is InChI=1S/C13H16N4O2S/c18-20(19,11-4-5-11)15-8-10-17-9-6-13(16-17)12-3-1-2-7-14-12/h1-3,6-7,9,11,15H,4-5,8,10H2. The van der Waals surface area contributed by atoms with Crippen LogP contribution in [0.2, 0.25) is 0 Å². The molecule has 0 atom stereocenters. The van der Waals surface area contributed by atoms with Gasteiger partial charge in [-0.1, -0.05) is 6.07 Å². The molecule has 1 N–H and O–H groups in total. The molecular formula is C13H16N4O2S. The number of aromatic nitrogens is 3. The van der Waals surface area contributed by atoms with Gasteiger partial charge in [0.1, 0.15) is 5.69 Å². The topological polar surface area (TPSA) is 76.9 Å². The molecule has 0 spiro atoms. The van der Waals surface area contributed by atoms with E-state index in [0.29, 0.717) is 13.1 Å². The van der Waals surface area contributed by atoms with Gasteiger partial charge in [0.05, 0.1) is 17.5 Å². The zero-order chi connectivity index (χ0) is 14.0. The molecule has 20 heavy (non-hydrogen) atoms. The highest BCUT2D eigenvalue weighted by molar-refractivity contribution is 7.90. The minimum Gasteiger partial charge on any atom is -0.271 e. The van der Waals surface area contributed by atoms with Gasteiger partial charge in [-0.2, -0.15) is 5.10 Å². The normalized spacial score (nSPS) is 15.4. The maximum atomic E-state index is 11.7. The molecule has 0 aromatic carbocycles. The third-order valence-corrected chi connectivity index (χ3v) is 5.13. The quantitative estimate of drug-likeness (QED) is 0.862. The average molecular weight is 292 g/mol. The van der Waals surface area contributed by atoms with Crippen LogP contribution in [0.3, 0.4) is 0 Å². The maximum absolute atomic E-state index is 11.7. The van der Waals surface area contributed by atoms with E-state index in [0.717, 1.165) is 24.2 Å². The van der Waals surface area contributed by atoms with Gasteiger partial charge in [0, 0.05) is 18.9 Å². The largest absolute Gasteiger partial charge is 0.271 e. The molecular weight excluding hydrogens is 276 g/mol. The Kier molecular flexibility index (Phi) is 3.54. The van der Waals surface area contributed by atoms with Crippen LogP contribution >= 0.6 is 0 Å². The van der Waals surface area contributed by atoms with Crippen LogP contribution in [-0.4, -0.2) is 35.0 Å². The molecule has 1 aliphatic carbocycles. The molecule has 0 radical (unpaired) electrons. The molecule has 0 bridgehead atoms. The zero-order valence-electron chi connectivity index (χ0n) is 10.9. The minimum atomic E-state index is -3.11. The first-order valence-corrected chi connectivity index (χ1v) is 8.13. The summed E-state index contributed by atoms with van der Waals surface area (Å²) in [6.45, 7) is 0.876. The summed E-state index contributed by atoms with van der Waals surface area (Å²) >= 11 is 0. The van der Waals surface area contributed by atoms with E-state index in [9.17, 15) is 8.42 Å². The third-order valence-electron chi connectivity index (χ3n) is 3.18. The maximum Gasteiger partial charge on any atom is 0.214 e. The van der Waals surface area contributed by atoms with E-state index < -0.39 is 10.0 Å². The Hall–Kier alpha value is -1.73. The summed E-state index contributed by atoms with van der Waals surface area (Å²) in [6.07, 6.45) is 5.11. The van der Waals surface area contributed by atoms with Crippen LogP contribution < -0.4 is 4.72 Å². The Morgan fingerprint density at radius 3 is 2.80 bits per heavy atom. The van der Waals surface area contributed by atoms with Gasteiger partial charge in [0.15, 0.2) is 0 Å². The lowest BCUT2D eigenvalue weighted by Gasteiger charge is -2.05. The highest BCUT2D eigenvalue weighted by Gasteiger charge is 2.35. The summed E-state index contributed by atoms with van der Waals surface area (Å²) in [5.41, 5.74) is 1.60. The second-order valence-corrected chi connectivity index (χ2v) is 6.86. The Labute approximate surface area is 117 Å². The number of nitrogens with one attached hydrogen (secondary N) is 1. The molecule has 0 saturated heterocycles. The van der Waals surface area contributed by atoms with Crippen molar-refractivity contribution in [2.45, 2.75) is 24.6 Å².